The third kappa shape index (κ3) is 4.60. The summed E-state index contributed by atoms with van der Waals surface area (Å²) in [5.41, 5.74) is 0.520. The molecule has 1 saturated carbocycles. The van der Waals surface area contributed by atoms with Crippen LogP contribution in [0.1, 0.15) is 44.1 Å². The van der Waals surface area contributed by atoms with E-state index in [4.69, 9.17) is 0 Å². The predicted molar refractivity (Wildman–Crippen MR) is 77.1 cm³/mol. The van der Waals surface area contributed by atoms with Gasteiger partial charge in [0, 0.05) is 23.0 Å². The summed E-state index contributed by atoms with van der Waals surface area (Å²) in [7, 11) is 0. The van der Waals surface area contributed by atoms with Gasteiger partial charge in [-0.05, 0) is 37.0 Å². The number of rotatable bonds is 4. The third-order valence-corrected chi connectivity index (χ3v) is 4.18. The van der Waals surface area contributed by atoms with Crippen molar-refractivity contribution in [2.24, 2.45) is 5.92 Å². The van der Waals surface area contributed by atoms with Gasteiger partial charge in [0.2, 0.25) is 5.91 Å². The first-order chi connectivity index (χ1) is 9.15. The standard InChI is InChI=1S/C15H19BrFNO/c16-13-6-7-14(17)12(9-13)10-18-15(19)8-11-4-2-1-3-5-11/h6-7,9,11H,1-5,8,10H2,(H,18,19). The number of benzene rings is 1. The summed E-state index contributed by atoms with van der Waals surface area (Å²) in [5, 5.41) is 2.81. The number of halogens is 2. The maximum absolute atomic E-state index is 13.5. The Hall–Kier alpha value is -0.900. The molecule has 2 nitrogen and oxygen atoms in total. The van der Waals surface area contributed by atoms with E-state index in [1.807, 2.05) is 0 Å². The SMILES string of the molecule is O=C(CC1CCCCC1)NCc1cc(Br)ccc1F. The Kier molecular flexibility index (Phi) is 5.37. The van der Waals surface area contributed by atoms with Crippen LogP contribution in [-0.2, 0) is 11.3 Å². The van der Waals surface area contributed by atoms with Gasteiger partial charge in [-0.25, -0.2) is 4.39 Å². The van der Waals surface area contributed by atoms with Crippen LogP contribution < -0.4 is 5.32 Å². The molecule has 0 unspecified atom stereocenters. The molecule has 4 heteroatoms. The van der Waals surface area contributed by atoms with E-state index in [-0.39, 0.29) is 18.3 Å². The molecule has 0 aromatic heterocycles. The molecule has 0 saturated heterocycles. The zero-order valence-electron chi connectivity index (χ0n) is 10.9. The number of hydrogen-bond donors (Lipinski definition) is 1. The van der Waals surface area contributed by atoms with Crippen LogP contribution in [0.5, 0.6) is 0 Å². The molecule has 1 fully saturated rings. The molecule has 0 heterocycles. The van der Waals surface area contributed by atoms with Crippen LogP contribution in [0.2, 0.25) is 0 Å². The van der Waals surface area contributed by atoms with Crippen molar-refractivity contribution in [3.8, 4) is 0 Å². The minimum Gasteiger partial charge on any atom is -0.352 e. The minimum absolute atomic E-state index is 0.0336. The molecule has 1 aliphatic rings. The molecule has 0 bridgehead atoms. The van der Waals surface area contributed by atoms with Crippen molar-refractivity contribution in [3.63, 3.8) is 0 Å². The van der Waals surface area contributed by atoms with Crippen molar-refractivity contribution in [2.75, 3.05) is 0 Å². The van der Waals surface area contributed by atoms with Gasteiger partial charge in [-0.15, -0.1) is 0 Å². The molecule has 1 aliphatic carbocycles. The molecule has 2 rings (SSSR count). The predicted octanol–water partition coefficient (Wildman–Crippen LogP) is 4.17. The van der Waals surface area contributed by atoms with Gasteiger partial charge < -0.3 is 5.32 Å². The fraction of sp³-hybridized carbons (Fsp3) is 0.533. The van der Waals surface area contributed by atoms with Crippen molar-refractivity contribution in [2.45, 2.75) is 45.1 Å². The van der Waals surface area contributed by atoms with Gasteiger partial charge in [-0.3, -0.25) is 4.79 Å². The summed E-state index contributed by atoms with van der Waals surface area (Å²) in [6.45, 7) is 0.261. The molecular weight excluding hydrogens is 309 g/mol. The first kappa shape index (κ1) is 14.5. The average Bonchev–Trinajstić information content (AvgIpc) is 2.41. The largest absolute Gasteiger partial charge is 0.352 e. The summed E-state index contributed by atoms with van der Waals surface area (Å²) in [6, 6.07) is 4.77. The number of hydrogen-bond acceptors (Lipinski definition) is 1. The van der Waals surface area contributed by atoms with E-state index in [0.29, 0.717) is 17.9 Å². The van der Waals surface area contributed by atoms with E-state index in [2.05, 4.69) is 21.2 Å². The zero-order chi connectivity index (χ0) is 13.7. The summed E-state index contributed by atoms with van der Waals surface area (Å²) < 4.78 is 14.3. The molecule has 0 spiro atoms. The van der Waals surface area contributed by atoms with Crippen molar-refractivity contribution >= 4 is 21.8 Å². The lowest BCUT2D eigenvalue weighted by Gasteiger charge is -2.20. The lowest BCUT2D eigenvalue weighted by molar-refractivity contribution is -0.122. The molecule has 1 N–H and O–H groups in total. The first-order valence-electron chi connectivity index (χ1n) is 6.86. The topological polar surface area (TPSA) is 29.1 Å². The molecule has 0 radical (unpaired) electrons. The Labute approximate surface area is 121 Å². The normalized spacial score (nSPS) is 16.3. The van der Waals surface area contributed by atoms with Crippen LogP contribution in [0, 0.1) is 11.7 Å². The van der Waals surface area contributed by atoms with E-state index in [0.717, 1.165) is 17.3 Å². The van der Waals surface area contributed by atoms with E-state index in [1.54, 1.807) is 12.1 Å². The van der Waals surface area contributed by atoms with Gasteiger partial charge in [0.1, 0.15) is 5.82 Å². The maximum atomic E-state index is 13.5. The lowest BCUT2D eigenvalue weighted by Crippen LogP contribution is -2.26. The lowest BCUT2D eigenvalue weighted by atomic mass is 9.87. The van der Waals surface area contributed by atoms with Gasteiger partial charge in [0.25, 0.3) is 0 Å². The Morgan fingerprint density at radius 3 is 2.79 bits per heavy atom. The van der Waals surface area contributed by atoms with Crippen molar-refractivity contribution < 1.29 is 9.18 Å². The van der Waals surface area contributed by atoms with Gasteiger partial charge in [-0.2, -0.15) is 0 Å². The molecular formula is C15H19BrFNO. The number of carbonyl (C=O) groups is 1. The van der Waals surface area contributed by atoms with Crippen LogP contribution >= 0.6 is 15.9 Å². The highest BCUT2D eigenvalue weighted by atomic mass is 79.9. The van der Waals surface area contributed by atoms with E-state index in [1.165, 1.54) is 25.3 Å². The Morgan fingerprint density at radius 2 is 2.05 bits per heavy atom. The van der Waals surface area contributed by atoms with Gasteiger partial charge in [0.15, 0.2) is 0 Å². The van der Waals surface area contributed by atoms with Crippen molar-refractivity contribution in [3.05, 3.63) is 34.1 Å². The van der Waals surface area contributed by atoms with Crippen molar-refractivity contribution in [1.82, 2.24) is 5.32 Å². The van der Waals surface area contributed by atoms with Crippen molar-refractivity contribution in [1.29, 1.82) is 0 Å². The fourth-order valence-electron chi connectivity index (χ4n) is 2.60. The zero-order valence-corrected chi connectivity index (χ0v) is 12.5. The van der Waals surface area contributed by atoms with Crippen LogP contribution in [0.15, 0.2) is 22.7 Å². The second-order valence-corrected chi connectivity index (χ2v) is 6.14. The smallest absolute Gasteiger partial charge is 0.220 e. The van der Waals surface area contributed by atoms with Gasteiger partial charge in [0.05, 0.1) is 0 Å². The second kappa shape index (κ2) is 7.04. The molecule has 1 aromatic rings. The Balaban J connectivity index is 1.81. The monoisotopic (exact) mass is 327 g/mol. The number of amides is 1. The van der Waals surface area contributed by atoms with Crippen LogP contribution in [0.25, 0.3) is 0 Å². The summed E-state index contributed by atoms with van der Waals surface area (Å²) in [5.74, 6) is 0.272. The van der Waals surface area contributed by atoms with Crippen LogP contribution in [0.3, 0.4) is 0 Å². The third-order valence-electron chi connectivity index (χ3n) is 3.68. The van der Waals surface area contributed by atoms with E-state index >= 15 is 0 Å². The minimum atomic E-state index is -0.277. The number of nitrogens with one attached hydrogen (secondary N) is 1. The number of carbonyl (C=O) groups excluding carboxylic acids is 1. The molecule has 0 atom stereocenters. The second-order valence-electron chi connectivity index (χ2n) is 5.22. The van der Waals surface area contributed by atoms with Gasteiger partial charge in [-0.1, -0.05) is 35.2 Å². The maximum Gasteiger partial charge on any atom is 0.220 e. The Morgan fingerprint density at radius 1 is 1.32 bits per heavy atom. The quantitative estimate of drug-likeness (QED) is 0.883. The molecule has 1 amide bonds. The van der Waals surface area contributed by atoms with E-state index < -0.39 is 0 Å². The Bertz CT molecular complexity index is 444. The summed E-state index contributed by atoms with van der Waals surface area (Å²) >= 11 is 3.30. The van der Waals surface area contributed by atoms with E-state index in [9.17, 15) is 9.18 Å². The van der Waals surface area contributed by atoms with Crippen LogP contribution in [0.4, 0.5) is 4.39 Å². The summed E-state index contributed by atoms with van der Waals surface area (Å²) in [4.78, 5) is 11.8. The molecule has 19 heavy (non-hydrogen) atoms. The highest BCUT2D eigenvalue weighted by Gasteiger charge is 2.17. The fourth-order valence-corrected chi connectivity index (χ4v) is 3.01. The molecule has 104 valence electrons. The highest BCUT2D eigenvalue weighted by Crippen LogP contribution is 2.26. The highest BCUT2D eigenvalue weighted by molar-refractivity contribution is 9.10. The first-order valence-corrected chi connectivity index (χ1v) is 7.65. The molecule has 1 aromatic carbocycles. The van der Waals surface area contributed by atoms with Gasteiger partial charge >= 0.3 is 0 Å². The average molecular weight is 328 g/mol. The van der Waals surface area contributed by atoms with Crippen LogP contribution in [-0.4, -0.2) is 5.91 Å². The summed E-state index contributed by atoms with van der Waals surface area (Å²) in [6.07, 6.45) is 6.64. The molecule has 0 aliphatic heterocycles.